The number of hydrogen-bond acceptors (Lipinski definition) is 6. The van der Waals surface area contributed by atoms with Gasteiger partial charge in [-0.3, -0.25) is 22.8 Å². The molecule has 0 amide bonds. The summed E-state index contributed by atoms with van der Waals surface area (Å²) in [5.41, 5.74) is -0.379. The lowest BCUT2D eigenvalue weighted by Crippen LogP contribution is -2.35. The number of hydrogen-bond donors (Lipinski definition) is 0. The van der Waals surface area contributed by atoms with Crippen LogP contribution in [-0.2, 0) is 27.2 Å². The van der Waals surface area contributed by atoms with E-state index < -0.39 is 15.5 Å². The van der Waals surface area contributed by atoms with Gasteiger partial charge in [-0.05, 0) is 6.42 Å². The van der Waals surface area contributed by atoms with Gasteiger partial charge < -0.3 is 0 Å². The second-order valence-corrected chi connectivity index (χ2v) is 11.7. The second kappa shape index (κ2) is 6.19. The Morgan fingerprint density at radius 3 is 1.96 bits per heavy atom. The van der Waals surface area contributed by atoms with Crippen LogP contribution in [0.1, 0.15) is 40.5 Å². The van der Waals surface area contributed by atoms with E-state index in [2.05, 4.69) is 4.76 Å². The van der Waals surface area contributed by atoms with Crippen molar-refractivity contribution >= 4 is 21.3 Å². The van der Waals surface area contributed by atoms with Crippen molar-refractivity contribution < 1.29 is 27.2 Å². The van der Waals surface area contributed by atoms with Crippen LogP contribution in [0.5, 0.6) is 0 Å². The summed E-state index contributed by atoms with van der Waals surface area (Å²) in [6.45, 7) is 9.68. The molecule has 24 heavy (non-hydrogen) atoms. The Morgan fingerprint density at radius 1 is 0.917 bits per heavy atom. The minimum Gasteiger partial charge on any atom is -0.291 e. The fourth-order valence-corrected chi connectivity index (χ4v) is 6.50. The monoisotopic (exact) mass is 380 g/mol. The summed E-state index contributed by atoms with van der Waals surface area (Å²) < 4.78 is 53.3. The molecule has 0 aromatic heterocycles. The smallest absolute Gasteiger partial charge is 0.291 e. The Morgan fingerprint density at radius 2 is 1.42 bits per heavy atom. The van der Waals surface area contributed by atoms with Crippen molar-refractivity contribution in [2.75, 3.05) is 33.0 Å². The van der Waals surface area contributed by atoms with Crippen molar-refractivity contribution in [2.24, 2.45) is 15.6 Å². The molecule has 8 nitrogen and oxygen atoms in total. The molecule has 3 heterocycles. The van der Waals surface area contributed by atoms with E-state index in [9.17, 15) is 9.13 Å². The summed E-state index contributed by atoms with van der Waals surface area (Å²) in [7, 11) is -7.02. The number of nitrogens with zero attached hydrogens (tertiary/aromatic N) is 2. The van der Waals surface area contributed by atoms with E-state index in [1.807, 2.05) is 27.7 Å². The Labute approximate surface area is 143 Å². The van der Waals surface area contributed by atoms with Gasteiger partial charge in [0.2, 0.25) is 0 Å². The maximum atomic E-state index is 13.0. The van der Waals surface area contributed by atoms with Crippen molar-refractivity contribution in [3.05, 3.63) is 0 Å². The van der Waals surface area contributed by atoms with Crippen LogP contribution in [0.15, 0.2) is 4.76 Å². The lowest BCUT2D eigenvalue weighted by atomic mass is 9.97. The third-order valence-electron chi connectivity index (χ3n) is 4.08. The van der Waals surface area contributed by atoms with Gasteiger partial charge in [0, 0.05) is 23.8 Å². The van der Waals surface area contributed by atoms with Crippen LogP contribution in [0.2, 0.25) is 0 Å². The summed E-state index contributed by atoms with van der Waals surface area (Å²) in [5, 5.41) is 0. The van der Waals surface area contributed by atoms with Crippen LogP contribution in [0.25, 0.3) is 0 Å². The number of amidine groups is 1. The molecule has 0 aromatic carbocycles. The van der Waals surface area contributed by atoms with Gasteiger partial charge in [0.25, 0.3) is 0 Å². The predicted octanol–water partition coefficient (Wildman–Crippen LogP) is 3.84. The highest BCUT2D eigenvalue weighted by Gasteiger charge is 2.46. The topological polar surface area (TPSA) is 86.7 Å². The molecule has 0 saturated carbocycles. The van der Waals surface area contributed by atoms with Gasteiger partial charge in [0.05, 0.1) is 26.4 Å². The Hall–Kier alpha value is -0.230. The number of rotatable bonds is 2. The molecule has 3 rings (SSSR count). The zero-order valence-corrected chi connectivity index (χ0v) is 16.5. The summed E-state index contributed by atoms with van der Waals surface area (Å²) in [6.07, 6.45) is 1.28. The van der Waals surface area contributed by atoms with Crippen molar-refractivity contribution in [3.8, 4) is 0 Å². The molecule has 3 saturated heterocycles. The maximum absolute atomic E-state index is 13.0. The fourth-order valence-electron chi connectivity index (χ4n) is 2.53. The van der Waals surface area contributed by atoms with E-state index in [4.69, 9.17) is 18.1 Å². The molecule has 3 aliphatic rings. The van der Waals surface area contributed by atoms with Crippen molar-refractivity contribution in [1.29, 1.82) is 0 Å². The highest BCUT2D eigenvalue weighted by molar-refractivity contribution is 7.53. The molecule has 0 unspecified atom stereocenters. The first-order valence-electron chi connectivity index (χ1n) is 8.18. The third-order valence-corrected chi connectivity index (χ3v) is 7.40. The highest BCUT2D eigenvalue weighted by atomic mass is 31.2. The predicted molar refractivity (Wildman–Crippen MR) is 90.0 cm³/mol. The molecular weight excluding hydrogens is 354 g/mol. The summed E-state index contributed by atoms with van der Waals surface area (Å²) in [4.78, 5) is 0. The van der Waals surface area contributed by atoms with Crippen LogP contribution in [0.3, 0.4) is 0 Å². The molecule has 0 aromatic rings. The zero-order valence-electron chi connectivity index (χ0n) is 14.7. The summed E-state index contributed by atoms with van der Waals surface area (Å²) in [6, 6.07) is 0. The van der Waals surface area contributed by atoms with E-state index in [0.717, 1.165) is 6.42 Å². The third kappa shape index (κ3) is 3.95. The molecular formula is C14H26N2O6P2. The first kappa shape index (κ1) is 18.6. The van der Waals surface area contributed by atoms with Gasteiger partial charge in [0.1, 0.15) is 5.84 Å². The molecule has 0 bridgehead atoms. The lowest BCUT2D eigenvalue weighted by molar-refractivity contribution is 0.0285. The maximum Gasteiger partial charge on any atom is 0.455 e. The highest BCUT2D eigenvalue weighted by Crippen LogP contribution is 2.61. The van der Waals surface area contributed by atoms with Gasteiger partial charge in [-0.15, -0.1) is 0 Å². The standard InChI is InChI=1S/C14H26N2O6P2/c1-13(2)8-19-23(17,20-9-13)15-12-6-5-7-16(12)24(18)21-10-14(3,4)11-22-24/h5-11H2,1-4H3. The minimum absolute atomic E-state index is 0.182. The van der Waals surface area contributed by atoms with Gasteiger partial charge in [-0.2, -0.15) is 4.76 Å². The normalized spacial score (nSPS) is 32.8. The molecule has 138 valence electrons. The molecule has 0 spiro atoms. The van der Waals surface area contributed by atoms with Gasteiger partial charge >= 0.3 is 15.5 Å². The zero-order chi connectivity index (χ0) is 17.6. The summed E-state index contributed by atoms with van der Waals surface area (Å²) >= 11 is 0. The molecule has 0 atom stereocenters. The molecule has 0 aliphatic carbocycles. The Bertz CT molecular complexity index is 605. The quantitative estimate of drug-likeness (QED) is 0.673. The van der Waals surface area contributed by atoms with E-state index in [0.29, 0.717) is 45.2 Å². The second-order valence-electron chi connectivity index (χ2n) is 8.10. The van der Waals surface area contributed by atoms with Crippen molar-refractivity contribution in [1.82, 2.24) is 4.67 Å². The molecule has 3 aliphatic heterocycles. The molecule has 0 radical (unpaired) electrons. The average molecular weight is 380 g/mol. The van der Waals surface area contributed by atoms with Crippen LogP contribution >= 0.6 is 15.5 Å². The SMILES string of the molecule is CC1(C)COP(=O)(N=C2CCCN2P2(=O)OCC(C)(C)CO2)OC1. The molecule has 3 fully saturated rings. The minimum atomic E-state index is -3.57. The van der Waals surface area contributed by atoms with Gasteiger partial charge in [-0.25, -0.2) is 9.13 Å². The Balaban J connectivity index is 1.76. The average Bonchev–Trinajstić information content (AvgIpc) is 2.95. The van der Waals surface area contributed by atoms with Crippen LogP contribution in [0, 0.1) is 10.8 Å². The fraction of sp³-hybridized carbons (Fsp3) is 0.929. The van der Waals surface area contributed by atoms with Crippen LogP contribution in [-0.4, -0.2) is 43.5 Å². The van der Waals surface area contributed by atoms with Gasteiger partial charge in [-0.1, -0.05) is 27.7 Å². The lowest BCUT2D eigenvalue weighted by Gasteiger charge is -2.38. The first-order valence-corrected chi connectivity index (χ1v) is 11.2. The van der Waals surface area contributed by atoms with E-state index >= 15 is 0 Å². The van der Waals surface area contributed by atoms with Gasteiger partial charge in [0.15, 0.2) is 0 Å². The van der Waals surface area contributed by atoms with E-state index in [-0.39, 0.29) is 10.8 Å². The van der Waals surface area contributed by atoms with E-state index in [1.165, 1.54) is 4.67 Å². The van der Waals surface area contributed by atoms with Crippen molar-refractivity contribution in [3.63, 3.8) is 0 Å². The van der Waals surface area contributed by atoms with Crippen LogP contribution in [0.4, 0.5) is 0 Å². The Kier molecular flexibility index (Phi) is 4.78. The van der Waals surface area contributed by atoms with Crippen LogP contribution < -0.4 is 0 Å². The first-order chi connectivity index (χ1) is 11.0. The summed E-state index contributed by atoms with van der Waals surface area (Å²) in [5.74, 6) is 0.418. The largest absolute Gasteiger partial charge is 0.455 e. The molecule has 0 N–H and O–H groups in total. The van der Waals surface area contributed by atoms with Crippen molar-refractivity contribution in [2.45, 2.75) is 40.5 Å². The molecule has 10 heteroatoms. The van der Waals surface area contributed by atoms with E-state index in [1.54, 1.807) is 0 Å².